The Balaban J connectivity index is 0. The number of hydrogen-bond acceptors (Lipinski definition) is 1. The molecule has 13 heavy (non-hydrogen) atoms. The molecule has 0 aliphatic heterocycles. The number of benzene rings is 1. The van der Waals surface area contributed by atoms with Gasteiger partial charge in [0.15, 0.2) is 0 Å². The molecule has 0 aromatic heterocycles. The van der Waals surface area contributed by atoms with Crippen molar-refractivity contribution in [3.8, 4) is 0 Å². The Morgan fingerprint density at radius 1 is 1.15 bits per heavy atom. The van der Waals surface area contributed by atoms with Gasteiger partial charge in [0.05, 0.1) is 0 Å². The monoisotopic (exact) mass is 302 g/mol. The predicted octanol–water partition coefficient (Wildman–Crippen LogP) is 3.63. The van der Waals surface area contributed by atoms with Crippen LogP contribution in [0.3, 0.4) is 0 Å². The Morgan fingerprint density at radius 3 is 1.92 bits per heavy atom. The normalized spacial score (nSPS) is 7.62. The van der Waals surface area contributed by atoms with Crippen molar-refractivity contribution < 1.29 is 12.2 Å². The van der Waals surface area contributed by atoms with Crippen LogP contribution in [0, 0.1) is 18.6 Å². The first-order valence-corrected chi connectivity index (χ1v) is 4.75. The minimum absolute atomic E-state index is 0.469. The minimum Gasteiger partial charge on any atom is -0.331 e. The lowest BCUT2D eigenvalue weighted by Gasteiger charge is -1.92. The molecule has 76 valence electrons. The highest BCUT2D eigenvalue weighted by Gasteiger charge is 1.95. The van der Waals surface area contributed by atoms with Gasteiger partial charge in [-0.2, -0.15) is 0 Å². The highest BCUT2D eigenvalue weighted by Crippen LogP contribution is 2.06. The molecule has 0 amide bonds. The van der Waals surface area contributed by atoms with E-state index in [-0.39, 0.29) is 0 Å². The fourth-order valence-electron chi connectivity index (χ4n) is 0.567. The van der Waals surface area contributed by atoms with E-state index in [9.17, 15) is 8.78 Å². The first-order valence-electron chi connectivity index (χ1n) is 3.79. The van der Waals surface area contributed by atoms with E-state index < -0.39 is 11.6 Å². The van der Waals surface area contributed by atoms with Gasteiger partial charge in [0, 0.05) is 6.07 Å². The summed E-state index contributed by atoms with van der Waals surface area (Å²) in [6.07, 6.45) is 0. The van der Waals surface area contributed by atoms with Gasteiger partial charge in [0.2, 0.25) is 0 Å². The Labute approximate surface area is 91.5 Å². The van der Waals surface area contributed by atoms with Crippen molar-refractivity contribution in [2.24, 2.45) is 0 Å². The number of hydrogen-bond donors (Lipinski definition) is 1. The molecule has 4 heteroatoms. The maximum atomic E-state index is 12.3. The number of aryl methyl sites for hydroxylation is 1. The summed E-state index contributed by atoms with van der Waals surface area (Å²) < 4.78 is 31.4. The van der Waals surface area contributed by atoms with Crippen LogP contribution in [0.1, 0.15) is 19.4 Å². The van der Waals surface area contributed by atoms with Gasteiger partial charge in [-0.15, -0.1) is 0 Å². The summed E-state index contributed by atoms with van der Waals surface area (Å²) in [6, 6.07) is 3.51. The van der Waals surface area contributed by atoms with Crippen LogP contribution in [0.2, 0.25) is 0 Å². The maximum absolute atomic E-state index is 12.3. The van der Waals surface area contributed by atoms with Crippen LogP contribution < -0.4 is 0 Å². The first-order chi connectivity index (χ1) is 6.20. The molecule has 1 nitrogen and oxygen atoms in total. The second-order valence-electron chi connectivity index (χ2n) is 1.89. The van der Waals surface area contributed by atoms with Gasteiger partial charge < -0.3 is 3.44 Å². The largest absolute Gasteiger partial charge is 0.331 e. The summed E-state index contributed by atoms with van der Waals surface area (Å²) in [6.45, 7) is 5.59. The molecule has 0 aliphatic rings. The van der Waals surface area contributed by atoms with E-state index in [4.69, 9.17) is 3.44 Å². The summed E-state index contributed by atoms with van der Waals surface area (Å²) in [7, 11) is 0. The summed E-state index contributed by atoms with van der Waals surface area (Å²) in [4.78, 5) is 0. The maximum Gasteiger partial charge on any atom is 0.129 e. The fourth-order valence-corrected chi connectivity index (χ4v) is 0.567. The highest BCUT2D eigenvalue weighted by atomic mass is 127. The Bertz CT molecular complexity index is 229. The Kier molecular flexibility index (Phi) is 11.6. The van der Waals surface area contributed by atoms with Crippen molar-refractivity contribution in [3.63, 3.8) is 0 Å². The van der Waals surface area contributed by atoms with Crippen molar-refractivity contribution >= 4 is 23.0 Å². The van der Waals surface area contributed by atoms with Crippen LogP contribution in [0.4, 0.5) is 8.78 Å². The molecular formula is C9H13F2IO. The molecule has 0 bridgehead atoms. The Morgan fingerprint density at radius 2 is 1.62 bits per heavy atom. The standard InChI is InChI=1S/C7H6F2.C2H6.HIO/c1-5-2-3-6(8)4-7(5)9;2*1-2/h2-4H,1H3;1-2H3;2H. The van der Waals surface area contributed by atoms with E-state index in [0.717, 1.165) is 29.1 Å². The van der Waals surface area contributed by atoms with Gasteiger partial charge in [-0.05, 0) is 18.6 Å². The van der Waals surface area contributed by atoms with Gasteiger partial charge in [-0.25, -0.2) is 8.78 Å². The van der Waals surface area contributed by atoms with Crippen molar-refractivity contribution in [1.82, 2.24) is 0 Å². The highest BCUT2D eigenvalue weighted by molar-refractivity contribution is 14.1. The first kappa shape index (κ1) is 15.3. The molecule has 0 spiro atoms. The molecule has 0 atom stereocenters. The zero-order valence-electron chi connectivity index (χ0n) is 7.81. The average molecular weight is 302 g/mol. The molecule has 0 saturated heterocycles. The topological polar surface area (TPSA) is 20.2 Å². The summed E-state index contributed by atoms with van der Waals surface area (Å²) in [5.41, 5.74) is 0.469. The molecule has 0 unspecified atom stereocenters. The van der Waals surface area contributed by atoms with Gasteiger partial charge >= 0.3 is 0 Å². The van der Waals surface area contributed by atoms with Gasteiger partial charge in [0.1, 0.15) is 34.6 Å². The van der Waals surface area contributed by atoms with E-state index in [1.54, 1.807) is 6.92 Å². The van der Waals surface area contributed by atoms with E-state index >= 15 is 0 Å². The lowest BCUT2D eigenvalue weighted by atomic mass is 10.2. The second-order valence-corrected chi connectivity index (χ2v) is 1.89. The third-order valence-electron chi connectivity index (χ3n) is 1.13. The van der Waals surface area contributed by atoms with Crippen LogP contribution >= 0.6 is 23.0 Å². The number of halogens is 3. The third kappa shape index (κ3) is 6.89. The molecule has 0 saturated carbocycles. The van der Waals surface area contributed by atoms with Crippen molar-refractivity contribution in [3.05, 3.63) is 35.4 Å². The van der Waals surface area contributed by atoms with Gasteiger partial charge in [0.25, 0.3) is 0 Å². The Hall–Kier alpha value is -0.230. The predicted molar refractivity (Wildman–Crippen MR) is 58.7 cm³/mol. The summed E-state index contributed by atoms with van der Waals surface area (Å²) in [5.74, 6) is -1.02. The summed E-state index contributed by atoms with van der Waals surface area (Å²) in [5, 5.41) is 0. The summed E-state index contributed by atoms with van der Waals surface area (Å²) >= 11 is 1.15. The SMILES string of the molecule is CC.Cc1ccc(F)cc1F.OI. The molecule has 1 N–H and O–H groups in total. The molecule has 0 aliphatic carbocycles. The van der Waals surface area contributed by atoms with E-state index in [2.05, 4.69) is 0 Å². The van der Waals surface area contributed by atoms with Crippen LogP contribution in [0.5, 0.6) is 0 Å². The molecule has 1 aromatic carbocycles. The van der Waals surface area contributed by atoms with E-state index in [0.29, 0.717) is 5.56 Å². The van der Waals surface area contributed by atoms with Crippen LogP contribution in [-0.4, -0.2) is 3.44 Å². The third-order valence-corrected chi connectivity index (χ3v) is 1.13. The van der Waals surface area contributed by atoms with Crippen LogP contribution in [-0.2, 0) is 0 Å². The molecule has 1 aromatic rings. The fraction of sp³-hybridized carbons (Fsp3) is 0.333. The lowest BCUT2D eigenvalue weighted by Crippen LogP contribution is -1.81. The molecule has 0 fully saturated rings. The number of rotatable bonds is 0. The average Bonchev–Trinajstić information content (AvgIpc) is 2.18. The van der Waals surface area contributed by atoms with E-state index in [1.807, 2.05) is 13.8 Å². The smallest absolute Gasteiger partial charge is 0.129 e. The quantitative estimate of drug-likeness (QED) is 0.726. The molecule has 0 radical (unpaired) electrons. The zero-order valence-corrected chi connectivity index (χ0v) is 9.97. The van der Waals surface area contributed by atoms with Crippen molar-refractivity contribution in [2.45, 2.75) is 20.8 Å². The van der Waals surface area contributed by atoms with Crippen LogP contribution in [0.25, 0.3) is 0 Å². The van der Waals surface area contributed by atoms with Gasteiger partial charge in [-0.3, -0.25) is 0 Å². The van der Waals surface area contributed by atoms with Crippen LogP contribution in [0.15, 0.2) is 18.2 Å². The molecule has 1 rings (SSSR count). The van der Waals surface area contributed by atoms with Crippen molar-refractivity contribution in [2.75, 3.05) is 0 Å². The van der Waals surface area contributed by atoms with Crippen molar-refractivity contribution in [1.29, 1.82) is 0 Å². The molecule has 0 heterocycles. The second kappa shape index (κ2) is 9.85. The van der Waals surface area contributed by atoms with E-state index in [1.165, 1.54) is 12.1 Å². The van der Waals surface area contributed by atoms with Gasteiger partial charge in [-0.1, -0.05) is 19.9 Å². The minimum atomic E-state index is -0.530. The lowest BCUT2D eigenvalue weighted by molar-refractivity contribution is 0.577. The molecular weight excluding hydrogens is 289 g/mol. The zero-order chi connectivity index (χ0) is 10.9.